The summed E-state index contributed by atoms with van der Waals surface area (Å²) in [5, 5.41) is 4.04. The van der Waals surface area contributed by atoms with Gasteiger partial charge in [-0.1, -0.05) is 43.8 Å². The van der Waals surface area contributed by atoms with Gasteiger partial charge >= 0.3 is 0 Å². The lowest BCUT2D eigenvalue weighted by atomic mass is 10.2. The molecule has 2 N–H and O–H groups in total. The molecular weight excluding hydrogens is 404 g/mol. The molecule has 0 saturated heterocycles. The number of nitrogens with zero attached hydrogens (tertiary/aromatic N) is 2. The number of thioether (sulfide) groups is 1. The molecule has 1 aromatic carbocycles. The van der Waals surface area contributed by atoms with Crippen LogP contribution in [0.5, 0.6) is 0 Å². The monoisotopic (exact) mass is 430 g/mol. The zero-order valence-electron chi connectivity index (χ0n) is 17.2. The summed E-state index contributed by atoms with van der Waals surface area (Å²) in [6.45, 7) is 11.0. The van der Waals surface area contributed by atoms with E-state index >= 15 is 0 Å². The Morgan fingerprint density at radius 2 is 1.97 bits per heavy atom. The highest BCUT2D eigenvalue weighted by molar-refractivity contribution is 7.99. The third-order valence-electron chi connectivity index (χ3n) is 4.92. The number of benzene rings is 1. The molecule has 154 valence electrons. The molecule has 1 amide bonds. The molecule has 0 atom stereocenters. The summed E-state index contributed by atoms with van der Waals surface area (Å²) < 4.78 is 0. The standard InChI is InChI=1S/C21H26N4O2S2/c1-5-25(6-2)11-12-28-21-23-18(26)16-14(4)17(29-20(16)24-21)19(27)22-15-10-8-7-9-13(15)3/h7-10H,5-6,11-12H2,1-4H3,(H,22,27)(H,23,24,26). The molecule has 3 aromatic rings. The largest absolute Gasteiger partial charge is 0.321 e. The van der Waals surface area contributed by atoms with E-state index in [-0.39, 0.29) is 11.5 Å². The molecule has 0 aliphatic heterocycles. The van der Waals surface area contributed by atoms with Gasteiger partial charge in [0, 0.05) is 18.0 Å². The number of aryl methyl sites for hydroxylation is 2. The molecular formula is C21H26N4O2S2. The van der Waals surface area contributed by atoms with E-state index in [0.29, 0.717) is 25.8 Å². The average molecular weight is 431 g/mol. The third kappa shape index (κ3) is 4.88. The van der Waals surface area contributed by atoms with Crippen LogP contribution in [0.4, 0.5) is 5.69 Å². The Bertz CT molecular complexity index is 1070. The smallest absolute Gasteiger partial charge is 0.266 e. The number of thiophene rings is 1. The number of aromatic nitrogens is 2. The Labute approximate surface area is 178 Å². The van der Waals surface area contributed by atoms with Crippen LogP contribution < -0.4 is 10.9 Å². The normalized spacial score (nSPS) is 11.3. The SMILES string of the molecule is CCN(CC)CCSc1nc2sc(C(=O)Nc3ccccc3C)c(C)c2c(=O)[nH]1. The van der Waals surface area contributed by atoms with Gasteiger partial charge in [0.05, 0.1) is 10.3 Å². The summed E-state index contributed by atoms with van der Waals surface area (Å²) in [6, 6.07) is 7.62. The maximum Gasteiger partial charge on any atom is 0.266 e. The molecule has 3 rings (SSSR count). The Kier molecular flexibility index (Phi) is 7.10. The van der Waals surface area contributed by atoms with Crippen molar-refractivity contribution in [2.24, 2.45) is 0 Å². The summed E-state index contributed by atoms with van der Waals surface area (Å²) in [7, 11) is 0. The lowest BCUT2D eigenvalue weighted by Gasteiger charge is -2.16. The highest BCUT2D eigenvalue weighted by atomic mass is 32.2. The van der Waals surface area contributed by atoms with Crippen LogP contribution >= 0.6 is 23.1 Å². The molecule has 0 fully saturated rings. The predicted molar refractivity (Wildman–Crippen MR) is 123 cm³/mol. The number of para-hydroxylation sites is 1. The zero-order valence-corrected chi connectivity index (χ0v) is 18.8. The lowest BCUT2D eigenvalue weighted by Crippen LogP contribution is -2.25. The van der Waals surface area contributed by atoms with Gasteiger partial charge in [0.25, 0.3) is 11.5 Å². The van der Waals surface area contributed by atoms with Gasteiger partial charge in [-0.15, -0.1) is 11.3 Å². The Balaban J connectivity index is 1.83. The van der Waals surface area contributed by atoms with Crippen LogP contribution in [-0.2, 0) is 0 Å². The molecule has 0 spiro atoms. The second-order valence-electron chi connectivity index (χ2n) is 6.75. The topological polar surface area (TPSA) is 78.1 Å². The fourth-order valence-corrected chi connectivity index (χ4v) is 5.11. The number of aromatic amines is 1. The number of hydrogen-bond donors (Lipinski definition) is 2. The van der Waals surface area contributed by atoms with Crippen molar-refractivity contribution in [1.29, 1.82) is 0 Å². The molecule has 8 heteroatoms. The minimum atomic E-state index is -0.213. The van der Waals surface area contributed by atoms with E-state index in [9.17, 15) is 9.59 Å². The van der Waals surface area contributed by atoms with E-state index in [1.165, 1.54) is 23.1 Å². The van der Waals surface area contributed by atoms with Crippen LogP contribution in [-0.4, -0.2) is 46.2 Å². The minimum Gasteiger partial charge on any atom is -0.321 e. The van der Waals surface area contributed by atoms with E-state index in [1.54, 1.807) is 6.92 Å². The van der Waals surface area contributed by atoms with E-state index < -0.39 is 0 Å². The van der Waals surface area contributed by atoms with Gasteiger partial charge in [0.2, 0.25) is 0 Å². The fourth-order valence-electron chi connectivity index (χ4n) is 3.11. The number of rotatable bonds is 8. The van der Waals surface area contributed by atoms with Crippen molar-refractivity contribution in [2.75, 3.05) is 30.7 Å². The quantitative estimate of drug-likeness (QED) is 0.412. The van der Waals surface area contributed by atoms with Crippen molar-refractivity contribution < 1.29 is 4.79 Å². The molecule has 2 aromatic heterocycles. The number of anilines is 1. The number of H-pyrrole nitrogens is 1. The van der Waals surface area contributed by atoms with Crippen molar-refractivity contribution in [2.45, 2.75) is 32.9 Å². The Morgan fingerprint density at radius 1 is 1.24 bits per heavy atom. The molecule has 0 radical (unpaired) electrons. The lowest BCUT2D eigenvalue weighted by molar-refractivity contribution is 0.103. The minimum absolute atomic E-state index is 0.191. The first kappa shape index (κ1) is 21.5. The number of carbonyl (C=O) groups excluding carboxylic acids is 1. The van der Waals surface area contributed by atoms with Crippen LogP contribution in [0, 0.1) is 13.8 Å². The molecule has 0 unspecified atom stereocenters. The number of fused-ring (bicyclic) bond motifs is 1. The zero-order chi connectivity index (χ0) is 21.0. The van der Waals surface area contributed by atoms with Crippen LogP contribution in [0.2, 0.25) is 0 Å². The van der Waals surface area contributed by atoms with E-state index in [0.717, 1.165) is 36.6 Å². The number of carbonyl (C=O) groups is 1. The molecule has 0 saturated carbocycles. The second kappa shape index (κ2) is 9.56. The van der Waals surface area contributed by atoms with Crippen molar-refractivity contribution >= 4 is 44.9 Å². The predicted octanol–water partition coefficient (Wildman–Crippen LogP) is 4.29. The van der Waals surface area contributed by atoms with Crippen LogP contribution in [0.3, 0.4) is 0 Å². The highest BCUT2D eigenvalue weighted by Crippen LogP contribution is 2.29. The van der Waals surface area contributed by atoms with Gasteiger partial charge in [-0.05, 0) is 44.1 Å². The van der Waals surface area contributed by atoms with Crippen LogP contribution in [0.15, 0.2) is 34.2 Å². The molecule has 2 heterocycles. The summed E-state index contributed by atoms with van der Waals surface area (Å²) in [6.07, 6.45) is 0. The second-order valence-corrected chi connectivity index (χ2v) is 8.83. The number of amides is 1. The Hall–Kier alpha value is -2.16. The first-order valence-corrected chi connectivity index (χ1v) is 11.5. The van der Waals surface area contributed by atoms with E-state index in [2.05, 4.69) is 34.0 Å². The maximum atomic E-state index is 12.8. The van der Waals surface area contributed by atoms with E-state index in [4.69, 9.17) is 0 Å². The first-order valence-electron chi connectivity index (χ1n) is 9.70. The van der Waals surface area contributed by atoms with Crippen molar-refractivity contribution in [3.63, 3.8) is 0 Å². The fraction of sp³-hybridized carbons (Fsp3) is 0.381. The van der Waals surface area contributed by atoms with Gasteiger partial charge in [0.15, 0.2) is 5.16 Å². The van der Waals surface area contributed by atoms with E-state index in [1.807, 2.05) is 31.2 Å². The number of nitrogens with one attached hydrogen (secondary N) is 2. The maximum absolute atomic E-state index is 12.8. The van der Waals surface area contributed by atoms with Gasteiger partial charge < -0.3 is 15.2 Å². The van der Waals surface area contributed by atoms with Crippen molar-refractivity contribution in [3.8, 4) is 0 Å². The van der Waals surface area contributed by atoms with Gasteiger partial charge in [-0.2, -0.15) is 0 Å². The summed E-state index contributed by atoms with van der Waals surface area (Å²) >= 11 is 2.80. The van der Waals surface area contributed by atoms with Crippen LogP contribution in [0.25, 0.3) is 10.2 Å². The molecule has 6 nitrogen and oxygen atoms in total. The summed E-state index contributed by atoms with van der Waals surface area (Å²) in [4.78, 5) is 36.4. The average Bonchev–Trinajstić information content (AvgIpc) is 3.04. The van der Waals surface area contributed by atoms with Crippen molar-refractivity contribution in [1.82, 2.24) is 14.9 Å². The summed E-state index contributed by atoms with van der Waals surface area (Å²) in [5.74, 6) is 0.635. The summed E-state index contributed by atoms with van der Waals surface area (Å²) in [5.41, 5.74) is 2.24. The highest BCUT2D eigenvalue weighted by Gasteiger charge is 2.20. The van der Waals surface area contributed by atoms with Gasteiger partial charge in [-0.3, -0.25) is 9.59 Å². The third-order valence-corrected chi connectivity index (χ3v) is 6.96. The van der Waals surface area contributed by atoms with Crippen molar-refractivity contribution in [3.05, 3.63) is 50.6 Å². The van der Waals surface area contributed by atoms with Gasteiger partial charge in [-0.25, -0.2) is 4.98 Å². The molecule has 29 heavy (non-hydrogen) atoms. The molecule has 0 bridgehead atoms. The first-order chi connectivity index (χ1) is 13.9. The Morgan fingerprint density at radius 3 is 2.66 bits per heavy atom. The number of hydrogen-bond acceptors (Lipinski definition) is 6. The molecule has 0 aliphatic rings. The molecule has 0 aliphatic carbocycles. The van der Waals surface area contributed by atoms with Gasteiger partial charge in [0.1, 0.15) is 4.83 Å². The van der Waals surface area contributed by atoms with Crippen LogP contribution in [0.1, 0.15) is 34.6 Å².